The average molecular weight is 305 g/mol. The number of fused-ring (bicyclic) bond motifs is 1. The van der Waals surface area contributed by atoms with E-state index in [1.165, 1.54) is 16.5 Å². The number of aromatic nitrogens is 1. The molecule has 0 radical (unpaired) electrons. The zero-order valence-corrected chi connectivity index (χ0v) is 12.9. The Morgan fingerprint density at radius 2 is 1.91 bits per heavy atom. The number of carbonyl (C=O) groups is 1. The van der Waals surface area contributed by atoms with Crippen LogP contribution in [0.25, 0.3) is 22.2 Å². The lowest BCUT2D eigenvalue weighted by molar-refractivity contribution is -0.124. The Hall–Kier alpha value is -2.59. The molecule has 0 saturated carbocycles. The van der Waals surface area contributed by atoms with Crippen molar-refractivity contribution >= 4 is 16.8 Å². The molecule has 1 amide bonds. The first-order valence-corrected chi connectivity index (χ1v) is 7.94. The van der Waals surface area contributed by atoms with Crippen molar-refractivity contribution in [2.75, 3.05) is 19.6 Å². The van der Waals surface area contributed by atoms with Crippen molar-refractivity contribution in [1.29, 1.82) is 0 Å². The summed E-state index contributed by atoms with van der Waals surface area (Å²) < 4.78 is 0. The second kappa shape index (κ2) is 5.89. The number of hydrogen-bond acceptors (Lipinski definition) is 2. The molecule has 1 saturated heterocycles. The highest BCUT2D eigenvalue weighted by Gasteiger charge is 2.16. The van der Waals surface area contributed by atoms with E-state index in [0.717, 1.165) is 30.8 Å². The molecule has 0 aliphatic carbocycles. The number of aromatic amines is 1. The van der Waals surface area contributed by atoms with Crippen LogP contribution in [0, 0.1) is 0 Å². The molecule has 4 rings (SSSR count). The van der Waals surface area contributed by atoms with E-state index < -0.39 is 0 Å². The molecule has 0 unspecified atom stereocenters. The van der Waals surface area contributed by atoms with Crippen LogP contribution in [0.15, 0.2) is 54.6 Å². The van der Waals surface area contributed by atoms with Gasteiger partial charge in [-0.2, -0.15) is 0 Å². The van der Waals surface area contributed by atoms with Gasteiger partial charge in [0.25, 0.3) is 0 Å². The van der Waals surface area contributed by atoms with Crippen molar-refractivity contribution in [3.05, 3.63) is 60.2 Å². The van der Waals surface area contributed by atoms with Crippen LogP contribution < -0.4 is 5.32 Å². The maximum atomic E-state index is 11.5. The van der Waals surface area contributed by atoms with Gasteiger partial charge in [0, 0.05) is 36.2 Å². The molecular weight excluding hydrogens is 286 g/mol. The first-order chi connectivity index (χ1) is 11.3. The third-order valence-electron chi connectivity index (χ3n) is 4.29. The molecule has 4 nitrogen and oxygen atoms in total. The molecule has 2 N–H and O–H groups in total. The fourth-order valence-electron chi connectivity index (χ4n) is 3.14. The van der Waals surface area contributed by atoms with Gasteiger partial charge in [-0.3, -0.25) is 9.69 Å². The molecule has 2 aromatic carbocycles. The minimum Gasteiger partial charge on any atom is -0.355 e. The fourth-order valence-corrected chi connectivity index (χ4v) is 3.14. The van der Waals surface area contributed by atoms with E-state index in [1.54, 1.807) is 0 Å². The summed E-state index contributed by atoms with van der Waals surface area (Å²) in [5.41, 5.74) is 4.71. The summed E-state index contributed by atoms with van der Waals surface area (Å²) >= 11 is 0. The van der Waals surface area contributed by atoms with Gasteiger partial charge in [0.05, 0.1) is 6.54 Å². The topological polar surface area (TPSA) is 48.1 Å². The summed E-state index contributed by atoms with van der Waals surface area (Å²) in [7, 11) is 0. The molecule has 3 aromatic rings. The predicted octanol–water partition coefficient (Wildman–Crippen LogP) is 2.77. The number of nitrogens with zero attached hydrogens (tertiary/aromatic N) is 1. The van der Waals surface area contributed by atoms with Crippen molar-refractivity contribution in [2.45, 2.75) is 6.54 Å². The lowest BCUT2D eigenvalue weighted by atomic mass is 10.1. The lowest BCUT2D eigenvalue weighted by Crippen LogP contribution is -2.47. The van der Waals surface area contributed by atoms with Crippen LogP contribution in [0.3, 0.4) is 0 Å². The highest BCUT2D eigenvalue weighted by atomic mass is 16.2. The largest absolute Gasteiger partial charge is 0.355 e. The summed E-state index contributed by atoms with van der Waals surface area (Å²) in [6.07, 6.45) is 0. The number of hydrogen-bond donors (Lipinski definition) is 2. The molecule has 2 heterocycles. The summed E-state index contributed by atoms with van der Waals surface area (Å²) in [5.74, 6) is 0.116. The molecule has 23 heavy (non-hydrogen) atoms. The van der Waals surface area contributed by atoms with E-state index >= 15 is 0 Å². The van der Waals surface area contributed by atoms with Crippen LogP contribution in [0.1, 0.15) is 5.56 Å². The Bertz CT molecular complexity index is 838. The first-order valence-electron chi connectivity index (χ1n) is 7.94. The van der Waals surface area contributed by atoms with E-state index in [1.807, 2.05) is 18.2 Å². The number of benzene rings is 2. The van der Waals surface area contributed by atoms with Crippen LogP contribution >= 0.6 is 0 Å². The molecular formula is C19H19N3O. The molecule has 1 fully saturated rings. The molecule has 0 atom stereocenters. The van der Waals surface area contributed by atoms with Crippen LogP contribution in [0.4, 0.5) is 0 Å². The predicted molar refractivity (Wildman–Crippen MR) is 92.0 cm³/mol. The highest BCUT2D eigenvalue weighted by molar-refractivity contribution is 5.86. The quantitative estimate of drug-likeness (QED) is 0.781. The zero-order valence-electron chi connectivity index (χ0n) is 12.9. The Morgan fingerprint density at radius 3 is 2.74 bits per heavy atom. The van der Waals surface area contributed by atoms with E-state index in [-0.39, 0.29) is 5.91 Å². The zero-order chi connectivity index (χ0) is 15.6. The lowest BCUT2D eigenvalue weighted by Gasteiger charge is -2.26. The van der Waals surface area contributed by atoms with Gasteiger partial charge in [-0.25, -0.2) is 0 Å². The number of rotatable bonds is 3. The van der Waals surface area contributed by atoms with E-state index in [0.29, 0.717) is 6.54 Å². The van der Waals surface area contributed by atoms with Crippen molar-refractivity contribution in [2.24, 2.45) is 0 Å². The molecule has 1 aromatic heterocycles. The third kappa shape index (κ3) is 2.98. The highest BCUT2D eigenvalue weighted by Crippen LogP contribution is 2.25. The van der Waals surface area contributed by atoms with Crippen LogP contribution in [-0.2, 0) is 11.3 Å². The minimum absolute atomic E-state index is 0.116. The smallest absolute Gasteiger partial charge is 0.234 e. The van der Waals surface area contributed by atoms with Gasteiger partial charge in [-0.05, 0) is 29.3 Å². The van der Waals surface area contributed by atoms with Crippen molar-refractivity contribution in [3.63, 3.8) is 0 Å². The summed E-state index contributed by atoms with van der Waals surface area (Å²) in [6.45, 7) is 2.95. The number of H-pyrrole nitrogens is 1. The molecule has 0 spiro atoms. The Morgan fingerprint density at radius 1 is 1.04 bits per heavy atom. The molecule has 1 aliphatic rings. The van der Waals surface area contributed by atoms with Gasteiger partial charge in [0.1, 0.15) is 0 Å². The maximum Gasteiger partial charge on any atom is 0.234 e. The SMILES string of the molecule is O=C1CN(Cc2ccc3[nH]c(-c4ccccc4)cc3c2)CCN1. The summed E-state index contributed by atoms with van der Waals surface area (Å²) in [6, 6.07) is 19.0. The van der Waals surface area contributed by atoms with E-state index in [4.69, 9.17) is 0 Å². The van der Waals surface area contributed by atoms with Gasteiger partial charge < -0.3 is 10.3 Å². The van der Waals surface area contributed by atoms with E-state index in [2.05, 4.69) is 51.6 Å². The molecule has 116 valence electrons. The van der Waals surface area contributed by atoms with Gasteiger partial charge >= 0.3 is 0 Å². The number of nitrogens with one attached hydrogen (secondary N) is 2. The Balaban J connectivity index is 1.59. The fraction of sp³-hybridized carbons (Fsp3) is 0.211. The standard InChI is InChI=1S/C19H19N3O/c23-19-13-22(9-8-20-19)12-14-6-7-17-16(10-14)11-18(21-17)15-4-2-1-3-5-15/h1-7,10-11,21H,8-9,12-13H2,(H,20,23). The monoisotopic (exact) mass is 305 g/mol. The average Bonchev–Trinajstić information content (AvgIpc) is 2.99. The number of piperazine rings is 1. The Kier molecular flexibility index (Phi) is 3.60. The van der Waals surface area contributed by atoms with Crippen LogP contribution in [0.2, 0.25) is 0 Å². The van der Waals surface area contributed by atoms with Crippen molar-refractivity contribution < 1.29 is 4.79 Å². The van der Waals surface area contributed by atoms with E-state index in [9.17, 15) is 4.79 Å². The normalized spacial score (nSPS) is 15.7. The van der Waals surface area contributed by atoms with Crippen molar-refractivity contribution in [3.8, 4) is 11.3 Å². The summed E-state index contributed by atoms with van der Waals surface area (Å²) in [4.78, 5) is 17.1. The maximum absolute atomic E-state index is 11.5. The van der Waals surface area contributed by atoms with Gasteiger partial charge in [0.2, 0.25) is 5.91 Å². The van der Waals surface area contributed by atoms with Gasteiger partial charge in [-0.1, -0.05) is 36.4 Å². The third-order valence-corrected chi connectivity index (χ3v) is 4.29. The molecule has 0 bridgehead atoms. The van der Waals surface area contributed by atoms with Gasteiger partial charge in [-0.15, -0.1) is 0 Å². The Labute approximate surface area is 135 Å². The number of amides is 1. The number of carbonyl (C=O) groups excluding carboxylic acids is 1. The van der Waals surface area contributed by atoms with Gasteiger partial charge in [0.15, 0.2) is 0 Å². The first kappa shape index (κ1) is 14.0. The second-order valence-electron chi connectivity index (χ2n) is 6.03. The second-order valence-corrected chi connectivity index (χ2v) is 6.03. The van der Waals surface area contributed by atoms with Crippen LogP contribution in [0.5, 0.6) is 0 Å². The molecule has 4 heteroatoms. The van der Waals surface area contributed by atoms with Crippen LogP contribution in [-0.4, -0.2) is 35.4 Å². The summed E-state index contributed by atoms with van der Waals surface area (Å²) in [5, 5.41) is 4.07. The minimum atomic E-state index is 0.116. The molecule has 1 aliphatic heterocycles. The van der Waals surface area contributed by atoms with Crippen molar-refractivity contribution in [1.82, 2.24) is 15.2 Å².